The number of non-ortho nitro benzene ring substituents is 1. The highest BCUT2D eigenvalue weighted by Gasteiger charge is 2.59. The Kier molecular flexibility index (Phi) is 5.68. The predicted molar refractivity (Wildman–Crippen MR) is 125 cm³/mol. The second-order valence-corrected chi connectivity index (χ2v) is 9.33. The standard InChI is InChI=1S/C24H20BrN3O6/c1-33-19-9-14(8-18(25)22(19)34-12-13-2-6-17(7-3-13)28(31)32)11-26-27-23(29)20-15-4-5-16(10-15)21(20)24(27)30/h2-9,11,15-16,20-21H,10,12H2,1H3/b26-11-/t15-,16-,20-,21+/m0/s1. The van der Waals surface area contributed by atoms with Crippen molar-refractivity contribution in [3.05, 3.63) is 74.3 Å². The Bertz CT molecular complexity index is 1210. The molecule has 34 heavy (non-hydrogen) atoms. The van der Waals surface area contributed by atoms with Gasteiger partial charge < -0.3 is 9.47 Å². The van der Waals surface area contributed by atoms with Gasteiger partial charge in [-0.15, -0.1) is 0 Å². The van der Waals surface area contributed by atoms with E-state index in [1.807, 2.05) is 12.2 Å². The third kappa shape index (κ3) is 3.77. The van der Waals surface area contributed by atoms with E-state index < -0.39 is 4.92 Å². The number of hydrogen-bond donors (Lipinski definition) is 0. The van der Waals surface area contributed by atoms with Crippen LogP contribution in [0, 0.1) is 33.8 Å². The van der Waals surface area contributed by atoms with Crippen molar-refractivity contribution in [2.45, 2.75) is 13.0 Å². The number of fused-ring (bicyclic) bond motifs is 5. The van der Waals surface area contributed by atoms with Gasteiger partial charge in [0, 0.05) is 12.1 Å². The minimum absolute atomic E-state index is 0.00802. The fourth-order valence-corrected chi connectivity index (χ4v) is 5.52. The molecule has 0 spiro atoms. The van der Waals surface area contributed by atoms with Crippen molar-refractivity contribution in [3.63, 3.8) is 0 Å². The first-order valence-electron chi connectivity index (χ1n) is 10.7. The lowest BCUT2D eigenvalue weighted by molar-refractivity contribution is -0.384. The van der Waals surface area contributed by atoms with Gasteiger partial charge in [0.25, 0.3) is 17.5 Å². The normalized spacial score (nSPS) is 24.8. The van der Waals surface area contributed by atoms with Crippen LogP contribution in [0.15, 0.2) is 58.1 Å². The summed E-state index contributed by atoms with van der Waals surface area (Å²) < 4.78 is 11.9. The first-order chi connectivity index (χ1) is 16.4. The predicted octanol–water partition coefficient (Wildman–Crippen LogP) is 4.09. The number of nitro groups is 1. The van der Waals surface area contributed by atoms with Crippen LogP contribution in [0.4, 0.5) is 5.69 Å². The summed E-state index contributed by atoms with van der Waals surface area (Å²) in [4.78, 5) is 35.9. The second-order valence-electron chi connectivity index (χ2n) is 8.48. The average molecular weight is 526 g/mol. The molecule has 1 saturated carbocycles. The van der Waals surface area contributed by atoms with E-state index in [2.05, 4.69) is 21.0 Å². The average Bonchev–Trinajstić information content (AvgIpc) is 3.51. The highest BCUT2D eigenvalue weighted by molar-refractivity contribution is 9.10. The zero-order chi connectivity index (χ0) is 24.0. The smallest absolute Gasteiger partial charge is 0.269 e. The van der Waals surface area contributed by atoms with Crippen LogP contribution in [-0.4, -0.2) is 35.1 Å². The van der Waals surface area contributed by atoms with E-state index in [4.69, 9.17) is 9.47 Å². The maximum absolute atomic E-state index is 12.8. The van der Waals surface area contributed by atoms with Crippen LogP contribution < -0.4 is 9.47 Å². The fraction of sp³-hybridized carbons (Fsp3) is 0.292. The fourth-order valence-electron chi connectivity index (χ4n) is 4.95. The lowest BCUT2D eigenvalue weighted by atomic mass is 9.85. The van der Waals surface area contributed by atoms with Crippen LogP contribution in [0.5, 0.6) is 11.5 Å². The molecule has 0 unspecified atom stereocenters. The number of nitrogens with zero attached hydrogens (tertiary/aromatic N) is 3. The lowest BCUT2D eigenvalue weighted by Crippen LogP contribution is -2.28. The molecule has 1 saturated heterocycles. The Hall–Kier alpha value is -3.53. The van der Waals surface area contributed by atoms with Crippen molar-refractivity contribution >= 4 is 39.6 Å². The van der Waals surface area contributed by atoms with Crippen LogP contribution in [0.1, 0.15) is 17.5 Å². The van der Waals surface area contributed by atoms with Gasteiger partial charge in [-0.25, -0.2) is 0 Å². The minimum atomic E-state index is -0.457. The molecule has 174 valence electrons. The summed E-state index contributed by atoms with van der Waals surface area (Å²) in [6.07, 6.45) is 6.42. The molecule has 2 aromatic carbocycles. The van der Waals surface area contributed by atoms with Gasteiger partial charge in [-0.3, -0.25) is 19.7 Å². The molecule has 1 heterocycles. The molecule has 2 fully saturated rings. The van der Waals surface area contributed by atoms with Gasteiger partial charge in [-0.05, 0) is 69.6 Å². The van der Waals surface area contributed by atoms with E-state index in [1.54, 1.807) is 24.3 Å². The number of hydrogen-bond acceptors (Lipinski definition) is 7. The molecule has 2 bridgehead atoms. The third-order valence-electron chi connectivity index (χ3n) is 6.55. The van der Waals surface area contributed by atoms with Crippen LogP contribution in [0.2, 0.25) is 0 Å². The van der Waals surface area contributed by atoms with Crippen molar-refractivity contribution < 1.29 is 24.0 Å². The van der Waals surface area contributed by atoms with Gasteiger partial charge in [0.2, 0.25) is 0 Å². The first-order valence-corrected chi connectivity index (χ1v) is 11.5. The molecule has 9 nitrogen and oxygen atoms in total. The zero-order valence-electron chi connectivity index (χ0n) is 18.1. The number of halogens is 1. The SMILES string of the molecule is COc1cc(/C=N\N2C(=O)[C@@H]3[C@H](C2=O)[C@H]2C=C[C@H]3C2)cc(Br)c1OCc1ccc([N+](=O)[O-])cc1. The summed E-state index contributed by atoms with van der Waals surface area (Å²) in [7, 11) is 1.50. The van der Waals surface area contributed by atoms with Crippen molar-refractivity contribution in [2.75, 3.05) is 7.11 Å². The maximum Gasteiger partial charge on any atom is 0.269 e. The van der Waals surface area contributed by atoms with Crippen LogP contribution in [0.25, 0.3) is 0 Å². The number of nitro benzene ring substituents is 1. The number of ether oxygens (including phenoxy) is 2. The summed E-state index contributed by atoms with van der Waals surface area (Å²) in [6.45, 7) is 0.177. The van der Waals surface area contributed by atoms with Crippen LogP contribution >= 0.6 is 15.9 Å². The molecule has 10 heteroatoms. The number of carbonyl (C=O) groups is 2. The quantitative estimate of drug-likeness (QED) is 0.177. The van der Waals surface area contributed by atoms with Gasteiger partial charge in [0.15, 0.2) is 11.5 Å². The number of carbonyl (C=O) groups excluding carboxylic acids is 2. The molecular formula is C24H20BrN3O6. The Labute approximate surface area is 203 Å². The van der Waals surface area contributed by atoms with E-state index >= 15 is 0 Å². The number of hydrazone groups is 1. The molecule has 2 aromatic rings. The zero-order valence-corrected chi connectivity index (χ0v) is 19.7. The van der Waals surface area contributed by atoms with Gasteiger partial charge in [0.1, 0.15) is 6.61 Å². The number of rotatable bonds is 7. The van der Waals surface area contributed by atoms with E-state index in [-0.39, 0.29) is 47.8 Å². The van der Waals surface area contributed by atoms with Crippen LogP contribution in [0.3, 0.4) is 0 Å². The molecule has 2 aliphatic carbocycles. The molecular weight excluding hydrogens is 506 g/mol. The largest absolute Gasteiger partial charge is 0.493 e. The topological polar surface area (TPSA) is 111 Å². The third-order valence-corrected chi connectivity index (χ3v) is 7.14. The Morgan fingerprint density at radius 3 is 2.38 bits per heavy atom. The van der Waals surface area contributed by atoms with E-state index in [1.165, 1.54) is 25.5 Å². The van der Waals surface area contributed by atoms with Crippen molar-refractivity contribution in [3.8, 4) is 11.5 Å². The number of methoxy groups -OCH3 is 1. The Morgan fingerprint density at radius 2 is 1.79 bits per heavy atom. The molecule has 2 amide bonds. The summed E-state index contributed by atoms with van der Waals surface area (Å²) in [6, 6.07) is 9.52. The van der Waals surface area contributed by atoms with Crippen molar-refractivity contribution in [1.82, 2.24) is 5.01 Å². The van der Waals surface area contributed by atoms with Crippen molar-refractivity contribution in [1.29, 1.82) is 0 Å². The number of benzene rings is 2. The van der Waals surface area contributed by atoms with Gasteiger partial charge in [-0.1, -0.05) is 12.2 Å². The van der Waals surface area contributed by atoms with Crippen LogP contribution in [-0.2, 0) is 16.2 Å². The van der Waals surface area contributed by atoms with E-state index in [0.717, 1.165) is 17.0 Å². The summed E-state index contributed by atoms with van der Waals surface area (Å²) >= 11 is 3.47. The molecule has 0 aromatic heterocycles. The molecule has 0 radical (unpaired) electrons. The number of amides is 2. The van der Waals surface area contributed by atoms with E-state index in [9.17, 15) is 19.7 Å². The molecule has 5 rings (SSSR count). The monoisotopic (exact) mass is 525 g/mol. The molecule has 0 N–H and O–H groups in total. The summed E-state index contributed by atoms with van der Waals surface area (Å²) in [5, 5.41) is 16.0. The van der Waals surface area contributed by atoms with E-state index in [0.29, 0.717) is 21.5 Å². The van der Waals surface area contributed by atoms with Gasteiger partial charge in [0.05, 0.1) is 34.6 Å². The lowest BCUT2D eigenvalue weighted by Gasteiger charge is -2.14. The number of allylic oxidation sites excluding steroid dienone is 2. The molecule has 3 aliphatic rings. The first kappa shape index (κ1) is 22.3. The summed E-state index contributed by atoms with van der Waals surface area (Å²) in [5.41, 5.74) is 1.38. The molecule has 4 atom stereocenters. The van der Waals surface area contributed by atoms with Crippen molar-refractivity contribution in [2.24, 2.45) is 28.8 Å². The minimum Gasteiger partial charge on any atom is -0.493 e. The maximum atomic E-state index is 12.8. The van der Waals surface area contributed by atoms with Gasteiger partial charge in [-0.2, -0.15) is 10.1 Å². The second kappa shape index (κ2) is 8.68. The Balaban J connectivity index is 1.31. The summed E-state index contributed by atoms with van der Waals surface area (Å²) in [5.74, 6) is 0.0715. The Morgan fingerprint density at radius 1 is 1.15 bits per heavy atom. The highest BCUT2D eigenvalue weighted by atomic mass is 79.9. The van der Waals surface area contributed by atoms with Gasteiger partial charge >= 0.3 is 0 Å². The number of imide groups is 1. The highest BCUT2D eigenvalue weighted by Crippen LogP contribution is 2.52. The molecule has 1 aliphatic heterocycles.